The molecule has 1 saturated heterocycles. The molecule has 1 atom stereocenters. The maximum absolute atomic E-state index is 12.9. The molecule has 2 aromatic carbocycles. The lowest BCUT2D eigenvalue weighted by atomic mass is 9.95. The monoisotopic (exact) mass is 456 g/mol. The summed E-state index contributed by atoms with van der Waals surface area (Å²) in [5.41, 5.74) is 2.88. The third-order valence-electron chi connectivity index (χ3n) is 4.86. The fraction of sp³-hybridized carbons (Fsp3) is 0.364. The Morgan fingerprint density at radius 3 is 2.19 bits per heavy atom. The van der Waals surface area contributed by atoms with Crippen LogP contribution in [0.15, 0.2) is 48.5 Å². The highest BCUT2D eigenvalue weighted by Gasteiger charge is 2.38. The van der Waals surface area contributed by atoms with Crippen molar-refractivity contribution in [3.8, 4) is 0 Å². The first kappa shape index (κ1) is 24.5. The molecule has 1 aliphatic rings. The highest BCUT2D eigenvalue weighted by Crippen LogP contribution is 2.32. The Kier molecular flexibility index (Phi) is 8.74. The normalized spacial score (nSPS) is 14.4. The minimum atomic E-state index is -5.08. The number of carboxylic acids is 1. The van der Waals surface area contributed by atoms with E-state index < -0.39 is 12.1 Å². The molecule has 168 valence electrons. The second kappa shape index (κ2) is 11.0. The molecule has 3 rings (SSSR count). The van der Waals surface area contributed by atoms with Gasteiger partial charge >= 0.3 is 12.1 Å². The van der Waals surface area contributed by atoms with Gasteiger partial charge in [0.15, 0.2) is 0 Å². The standard InChI is InChI=1S/C20H23ClN2O.C2HF3O2/c1-2-15(16-9-3-4-10-17(16)21)20(24)22-18-11-5-6-12-19(18)23-13-7-8-14-23;3-2(4,5)1(6)7/h3-6,9-12,15H,2,7-8,13-14H2,1H3,(H,22,24);(H,6,7). The molecule has 0 radical (unpaired) electrons. The van der Waals surface area contributed by atoms with Gasteiger partial charge in [-0.15, -0.1) is 0 Å². The maximum atomic E-state index is 12.9. The molecule has 1 unspecified atom stereocenters. The zero-order valence-electron chi connectivity index (χ0n) is 17.0. The Balaban J connectivity index is 0.000000423. The number of amides is 1. The van der Waals surface area contributed by atoms with Crippen LogP contribution in [-0.2, 0) is 9.59 Å². The molecule has 9 heteroatoms. The number of benzene rings is 2. The lowest BCUT2D eigenvalue weighted by molar-refractivity contribution is -0.192. The van der Waals surface area contributed by atoms with Gasteiger partial charge in [-0.3, -0.25) is 4.79 Å². The van der Waals surface area contributed by atoms with Crippen molar-refractivity contribution >= 4 is 34.9 Å². The van der Waals surface area contributed by atoms with Crippen molar-refractivity contribution in [2.45, 2.75) is 38.3 Å². The summed E-state index contributed by atoms with van der Waals surface area (Å²) in [5, 5.41) is 10.9. The van der Waals surface area contributed by atoms with E-state index in [1.165, 1.54) is 12.8 Å². The second-order valence-electron chi connectivity index (χ2n) is 6.99. The van der Waals surface area contributed by atoms with Gasteiger partial charge in [0.25, 0.3) is 0 Å². The number of halogens is 4. The van der Waals surface area contributed by atoms with Crippen molar-refractivity contribution in [1.29, 1.82) is 0 Å². The molecule has 0 aliphatic carbocycles. The molecule has 5 nitrogen and oxygen atoms in total. The number of hydrogen-bond acceptors (Lipinski definition) is 3. The number of nitrogens with one attached hydrogen (secondary N) is 1. The van der Waals surface area contributed by atoms with Gasteiger partial charge in [0.05, 0.1) is 17.3 Å². The first-order valence-electron chi connectivity index (χ1n) is 9.84. The number of carboxylic acid groups (broad SMARTS) is 1. The van der Waals surface area contributed by atoms with E-state index in [0.29, 0.717) is 11.4 Å². The Labute approximate surface area is 183 Å². The number of anilines is 2. The minimum absolute atomic E-state index is 0.00255. The van der Waals surface area contributed by atoms with Gasteiger partial charge in [0.2, 0.25) is 5.91 Å². The number of hydrogen-bond donors (Lipinski definition) is 2. The number of alkyl halides is 3. The lowest BCUT2D eigenvalue weighted by Crippen LogP contribution is -2.24. The molecule has 0 bridgehead atoms. The molecular formula is C22H24ClF3N2O3. The van der Waals surface area contributed by atoms with Crippen LogP contribution in [0.25, 0.3) is 0 Å². The van der Waals surface area contributed by atoms with Crippen molar-refractivity contribution in [2.24, 2.45) is 0 Å². The molecule has 2 N–H and O–H groups in total. The van der Waals surface area contributed by atoms with Crippen molar-refractivity contribution in [1.82, 2.24) is 0 Å². The largest absolute Gasteiger partial charge is 0.490 e. The van der Waals surface area contributed by atoms with Gasteiger partial charge in [-0.1, -0.05) is 48.9 Å². The Morgan fingerprint density at radius 1 is 1.10 bits per heavy atom. The number of aliphatic carboxylic acids is 1. The van der Waals surface area contributed by atoms with Crippen LogP contribution in [0.2, 0.25) is 5.02 Å². The van der Waals surface area contributed by atoms with E-state index >= 15 is 0 Å². The van der Waals surface area contributed by atoms with E-state index in [1.807, 2.05) is 49.4 Å². The average Bonchev–Trinajstić information content (AvgIpc) is 3.25. The third-order valence-corrected chi connectivity index (χ3v) is 5.20. The van der Waals surface area contributed by atoms with E-state index in [0.717, 1.165) is 30.0 Å². The van der Waals surface area contributed by atoms with Crippen LogP contribution < -0.4 is 10.2 Å². The first-order valence-corrected chi connectivity index (χ1v) is 10.2. The van der Waals surface area contributed by atoms with Crippen LogP contribution in [0.1, 0.15) is 37.7 Å². The van der Waals surface area contributed by atoms with Crippen LogP contribution in [0, 0.1) is 0 Å². The molecular weight excluding hydrogens is 433 g/mol. The zero-order valence-corrected chi connectivity index (χ0v) is 17.7. The molecule has 31 heavy (non-hydrogen) atoms. The van der Waals surface area contributed by atoms with Crippen LogP contribution in [0.3, 0.4) is 0 Å². The topological polar surface area (TPSA) is 69.6 Å². The minimum Gasteiger partial charge on any atom is -0.475 e. The summed E-state index contributed by atoms with van der Waals surface area (Å²) in [4.78, 5) is 24.1. The number of carbonyl (C=O) groups excluding carboxylic acids is 1. The molecule has 0 aromatic heterocycles. The fourth-order valence-corrected chi connectivity index (χ4v) is 3.60. The second-order valence-corrected chi connectivity index (χ2v) is 7.39. The quantitative estimate of drug-likeness (QED) is 0.605. The Morgan fingerprint density at radius 2 is 1.65 bits per heavy atom. The van der Waals surface area contributed by atoms with Gasteiger partial charge in [-0.05, 0) is 43.0 Å². The van der Waals surface area contributed by atoms with E-state index in [1.54, 1.807) is 0 Å². The summed E-state index contributed by atoms with van der Waals surface area (Å²) in [7, 11) is 0. The van der Waals surface area contributed by atoms with Gasteiger partial charge < -0.3 is 15.3 Å². The third kappa shape index (κ3) is 6.89. The Bertz CT molecular complexity index is 900. The molecule has 1 amide bonds. The summed E-state index contributed by atoms with van der Waals surface area (Å²) in [6.45, 7) is 4.11. The number of carbonyl (C=O) groups is 2. The predicted octanol–water partition coefficient (Wildman–Crippen LogP) is 5.71. The van der Waals surface area contributed by atoms with Crippen molar-refractivity contribution < 1.29 is 27.9 Å². The van der Waals surface area contributed by atoms with Crippen LogP contribution in [-0.4, -0.2) is 36.2 Å². The van der Waals surface area contributed by atoms with Crippen molar-refractivity contribution in [3.05, 3.63) is 59.1 Å². The summed E-state index contributed by atoms with van der Waals surface area (Å²) in [5.74, 6) is -3.00. The predicted molar refractivity (Wildman–Crippen MR) is 115 cm³/mol. The van der Waals surface area contributed by atoms with Crippen molar-refractivity contribution in [3.63, 3.8) is 0 Å². The number of rotatable bonds is 5. The van der Waals surface area contributed by atoms with Gasteiger partial charge in [-0.2, -0.15) is 13.2 Å². The average molecular weight is 457 g/mol. The molecule has 2 aromatic rings. The summed E-state index contributed by atoms with van der Waals surface area (Å²) >= 11 is 6.29. The summed E-state index contributed by atoms with van der Waals surface area (Å²) < 4.78 is 31.7. The molecule has 1 aliphatic heterocycles. The van der Waals surface area contributed by atoms with Crippen LogP contribution in [0.5, 0.6) is 0 Å². The molecule has 1 fully saturated rings. The fourth-order valence-electron chi connectivity index (χ4n) is 3.34. The summed E-state index contributed by atoms with van der Waals surface area (Å²) in [6, 6.07) is 15.6. The summed E-state index contributed by atoms with van der Waals surface area (Å²) in [6.07, 6.45) is -1.96. The lowest BCUT2D eigenvalue weighted by Gasteiger charge is -2.23. The molecule has 0 spiro atoms. The van der Waals surface area contributed by atoms with Gasteiger partial charge in [0, 0.05) is 18.1 Å². The van der Waals surface area contributed by atoms with Gasteiger partial charge in [0.1, 0.15) is 0 Å². The molecule has 1 heterocycles. The Hall–Kier alpha value is -2.74. The smallest absolute Gasteiger partial charge is 0.475 e. The van der Waals surface area contributed by atoms with Gasteiger partial charge in [-0.25, -0.2) is 4.79 Å². The van der Waals surface area contributed by atoms with Crippen molar-refractivity contribution in [2.75, 3.05) is 23.3 Å². The number of nitrogens with zero attached hydrogens (tertiary/aromatic N) is 1. The highest BCUT2D eigenvalue weighted by atomic mass is 35.5. The first-order chi connectivity index (χ1) is 14.6. The zero-order chi connectivity index (χ0) is 23.0. The molecule has 0 saturated carbocycles. The van der Waals surface area contributed by atoms with E-state index in [4.69, 9.17) is 21.5 Å². The van der Waals surface area contributed by atoms with E-state index in [-0.39, 0.29) is 11.8 Å². The van der Waals surface area contributed by atoms with Crippen LogP contribution >= 0.6 is 11.6 Å². The van der Waals surface area contributed by atoms with E-state index in [2.05, 4.69) is 16.3 Å². The van der Waals surface area contributed by atoms with Crippen LogP contribution in [0.4, 0.5) is 24.5 Å². The highest BCUT2D eigenvalue weighted by molar-refractivity contribution is 6.31. The SMILES string of the molecule is CCC(C(=O)Nc1ccccc1N1CCCC1)c1ccccc1Cl.O=C(O)C(F)(F)F. The van der Waals surface area contributed by atoms with E-state index in [9.17, 15) is 18.0 Å². The number of para-hydroxylation sites is 2. The maximum Gasteiger partial charge on any atom is 0.490 e.